The Morgan fingerprint density at radius 3 is 3.06 bits per heavy atom. The first-order chi connectivity index (χ1) is 8.18. The number of rotatable bonds is 2. The smallest absolute Gasteiger partial charge is 0.276 e. The first kappa shape index (κ1) is 12.1. The molecule has 1 saturated heterocycles. The summed E-state index contributed by atoms with van der Waals surface area (Å²) in [6, 6.07) is 1.99. The van der Waals surface area contributed by atoms with E-state index < -0.39 is 0 Å². The molecule has 17 heavy (non-hydrogen) atoms. The van der Waals surface area contributed by atoms with Crippen LogP contribution >= 0.6 is 0 Å². The zero-order valence-electron chi connectivity index (χ0n) is 10.4. The Morgan fingerprint density at radius 1 is 1.53 bits per heavy atom. The van der Waals surface area contributed by atoms with Gasteiger partial charge in [0.25, 0.3) is 5.91 Å². The zero-order valence-corrected chi connectivity index (χ0v) is 10.4. The summed E-state index contributed by atoms with van der Waals surface area (Å²) in [5.41, 5.74) is 0.405. The fourth-order valence-corrected chi connectivity index (χ4v) is 2.20. The number of hydrogen-bond donors (Lipinski definition) is 1. The summed E-state index contributed by atoms with van der Waals surface area (Å²) in [5, 5.41) is 7.12. The van der Waals surface area contributed by atoms with Crippen LogP contribution in [0.4, 0.5) is 0 Å². The minimum atomic E-state index is -0.0475. The van der Waals surface area contributed by atoms with Crippen LogP contribution in [0.5, 0.6) is 0 Å². The second-order valence-corrected chi connectivity index (χ2v) is 4.57. The summed E-state index contributed by atoms with van der Waals surface area (Å²) in [7, 11) is 1.85. The van der Waals surface area contributed by atoms with Crippen LogP contribution in [-0.2, 0) is 0 Å². The van der Waals surface area contributed by atoms with Gasteiger partial charge in [-0.25, -0.2) is 0 Å². The molecule has 2 rings (SSSR count). The lowest BCUT2D eigenvalue weighted by Gasteiger charge is -2.26. The van der Waals surface area contributed by atoms with E-state index >= 15 is 0 Å². The predicted molar refractivity (Wildman–Crippen MR) is 63.8 cm³/mol. The molecule has 2 heterocycles. The number of hydrogen-bond acceptors (Lipinski definition) is 4. The SMILES string of the molecule is Cc1cc(C(=O)N(C)C2CCCNCC2)no1. The molecule has 0 spiro atoms. The second kappa shape index (κ2) is 5.31. The summed E-state index contributed by atoms with van der Waals surface area (Å²) in [6.07, 6.45) is 3.16. The van der Waals surface area contributed by atoms with E-state index in [9.17, 15) is 4.79 Å². The van der Waals surface area contributed by atoms with E-state index in [2.05, 4.69) is 10.5 Å². The van der Waals surface area contributed by atoms with Gasteiger partial charge in [0, 0.05) is 19.2 Å². The van der Waals surface area contributed by atoms with Crippen LogP contribution in [0.15, 0.2) is 10.6 Å². The van der Waals surface area contributed by atoms with Crippen LogP contribution < -0.4 is 5.32 Å². The lowest BCUT2D eigenvalue weighted by Crippen LogP contribution is -2.37. The van der Waals surface area contributed by atoms with Crippen LogP contribution in [0.2, 0.25) is 0 Å². The van der Waals surface area contributed by atoms with Gasteiger partial charge in [-0.1, -0.05) is 5.16 Å². The summed E-state index contributed by atoms with van der Waals surface area (Å²) in [4.78, 5) is 13.9. The van der Waals surface area contributed by atoms with E-state index in [1.54, 1.807) is 17.9 Å². The summed E-state index contributed by atoms with van der Waals surface area (Å²) >= 11 is 0. The van der Waals surface area contributed by atoms with Crippen molar-refractivity contribution in [1.82, 2.24) is 15.4 Å². The maximum absolute atomic E-state index is 12.2. The number of nitrogens with zero attached hydrogens (tertiary/aromatic N) is 2. The van der Waals surface area contributed by atoms with Gasteiger partial charge in [-0.05, 0) is 39.3 Å². The first-order valence-electron chi connectivity index (χ1n) is 6.09. The van der Waals surface area contributed by atoms with Gasteiger partial charge in [-0.3, -0.25) is 4.79 Å². The third kappa shape index (κ3) is 2.85. The Bertz CT molecular complexity index is 381. The van der Waals surface area contributed by atoms with E-state index in [0.717, 1.165) is 32.4 Å². The van der Waals surface area contributed by atoms with E-state index in [-0.39, 0.29) is 5.91 Å². The van der Waals surface area contributed by atoms with Gasteiger partial charge in [-0.2, -0.15) is 0 Å². The highest BCUT2D eigenvalue weighted by molar-refractivity contribution is 5.92. The van der Waals surface area contributed by atoms with Crippen molar-refractivity contribution in [3.8, 4) is 0 Å². The summed E-state index contributed by atoms with van der Waals surface area (Å²) < 4.78 is 4.94. The molecule has 0 saturated carbocycles. The molecule has 5 heteroatoms. The van der Waals surface area contributed by atoms with Gasteiger partial charge in [-0.15, -0.1) is 0 Å². The van der Waals surface area contributed by atoms with E-state index in [0.29, 0.717) is 17.5 Å². The number of aryl methyl sites for hydroxylation is 1. The summed E-state index contributed by atoms with van der Waals surface area (Å²) in [6.45, 7) is 3.81. The average molecular weight is 237 g/mol. The number of carbonyl (C=O) groups is 1. The van der Waals surface area contributed by atoms with Crippen molar-refractivity contribution in [2.75, 3.05) is 20.1 Å². The van der Waals surface area contributed by atoms with E-state index in [4.69, 9.17) is 4.52 Å². The van der Waals surface area contributed by atoms with Gasteiger partial charge >= 0.3 is 0 Å². The lowest BCUT2D eigenvalue weighted by molar-refractivity contribution is 0.0710. The van der Waals surface area contributed by atoms with Crippen LogP contribution in [0.25, 0.3) is 0 Å². The molecule has 1 atom stereocenters. The van der Waals surface area contributed by atoms with Crippen LogP contribution in [-0.4, -0.2) is 42.1 Å². The monoisotopic (exact) mass is 237 g/mol. The minimum Gasteiger partial charge on any atom is -0.361 e. The van der Waals surface area contributed by atoms with Gasteiger partial charge in [0.1, 0.15) is 5.76 Å². The number of carbonyl (C=O) groups excluding carboxylic acids is 1. The highest BCUT2D eigenvalue weighted by Gasteiger charge is 2.23. The first-order valence-corrected chi connectivity index (χ1v) is 6.09. The molecule has 0 aromatic carbocycles. The molecule has 1 aliphatic rings. The van der Waals surface area contributed by atoms with Crippen molar-refractivity contribution in [3.05, 3.63) is 17.5 Å². The van der Waals surface area contributed by atoms with Crippen LogP contribution in [0, 0.1) is 6.92 Å². The molecule has 1 fully saturated rings. The van der Waals surface area contributed by atoms with Crippen molar-refractivity contribution < 1.29 is 9.32 Å². The normalized spacial score (nSPS) is 20.9. The van der Waals surface area contributed by atoms with Crippen molar-refractivity contribution >= 4 is 5.91 Å². The minimum absolute atomic E-state index is 0.0475. The quantitative estimate of drug-likeness (QED) is 0.839. The maximum Gasteiger partial charge on any atom is 0.276 e. The fourth-order valence-electron chi connectivity index (χ4n) is 2.20. The molecule has 1 unspecified atom stereocenters. The Hall–Kier alpha value is -1.36. The van der Waals surface area contributed by atoms with Crippen molar-refractivity contribution in [2.24, 2.45) is 0 Å². The Kier molecular flexibility index (Phi) is 3.78. The van der Waals surface area contributed by atoms with Gasteiger partial charge in [0.05, 0.1) is 0 Å². The molecule has 1 aliphatic heterocycles. The van der Waals surface area contributed by atoms with Gasteiger partial charge < -0.3 is 14.7 Å². The summed E-state index contributed by atoms with van der Waals surface area (Å²) in [5.74, 6) is 0.623. The lowest BCUT2D eigenvalue weighted by atomic mass is 10.1. The third-order valence-corrected chi connectivity index (χ3v) is 3.26. The van der Waals surface area contributed by atoms with Crippen LogP contribution in [0.1, 0.15) is 35.5 Å². The number of amides is 1. The van der Waals surface area contributed by atoms with Gasteiger partial charge in [0.15, 0.2) is 5.69 Å². The topological polar surface area (TPSA) is 58.4 Å². The fraction of sp³-hybridized carbons (Fsp3) is 0.667. The maximum atomic E-state index is 12.2. The Labute approximate surface area is 101 Å². The third-order valence-electron chi connectivity index (χ3n) is 3.26. The second-order valence-electron chi connectivity index (χ2n) is 4.57. The molecule has 0 radical (unpaired) electrons. The molecule has 1 N–H and O–H groups in total. The predicted octanol–water partition coefficient (Wildman–Crippen LogP) is 1.20. The van der Waals surface area contributed by atoms with E-state index in [1.807, 2.05) is 7.05 Å². The number of nitrogens with one attached hydrogen (secondary N) is 1. The highest BCUT2D eigenvalue weighted by atomic mass is 16.5. The Morgan fingerprint density at radius 2 is 2.35 bits per heavy atom. The van der Waals surface area contributed by atoms with Crippen molar-refractivity contribution in [2.45, 2.75) is 32.2 Å². The van der Waals surface area contributed by atoms with Gasteiger partial charge in [0.2, 0.25) is 0 Å². The molecule has 1 aromatic heterocycles. The molecule has 1 aromatic rings. The number of aromatic nitrogens is 1. The molecule has 0 bridgehead atoms. The molecular weight excluding hydrogens is 218 g/mol. The molecular formula is C12H19N3O2. The average Bonchev–Trinajstić information content (AvgIpc) is 2.60. The largest absolute Gasteiger partial charge is 0.361 e. The van der Waals surface area contributed by atoms with Crippen molar-refractivity contribution in [1.29, 1.82) is 0 Å². The standard InChI is InChI=1S/C12H19N3O2/c1-9-8-11(14-17-9)12(16)15(2)10-4-3-6-13-7-5-10/h8,10,13H,3-7H2,1-2H3. The van der Waals surface area contributed by atoms with Crippen LogP contribution in [0.3, 0.4) is 0 Å². The molecule has 1 amide bonds. The molecule has 94 valence electrons. The Balaban J connectivity index is 2.03. The molecule has 0 aliphatic carbocycles. The highest BCUT2D eigenvalue weighted by Crippen LogP contribution is 2.15. The molecule has 5 nitrogen and oxygen atoms in total. The zero-order chi connectivity index (χ0) is 12.3. The van der Waals surface area contributed by atoms with Crippen molar-refractivity contribution in [3.63, 3.8) is 0 Å². The van der Waals surface area contributed by atoms with E-state index in [1.165, 1.54) is 0 Å².